The molecule has 0 saturated carbocycles. The van der Waals surface area contributed by atoms with E-state index in [1.807, 2.05) is 25.1 Å². The lowest BCUT2D eigenvalue weighted by atomic mass is 10.1. The van der Waals surface area contributed by atoms with E-state index in [2.05, 4.69) is 11.8 Å². The van der Waals surface area contributed by atoms with Crippen molar-refractivity contribution in [2.24, 2.45) is 0 Å². The molecule has 0 aromatic heterocycles. The minimum absolute atomic E-state index is 0.106. The number of aryl methyl sites for hydroxylation is 1. The molecule has 1 rings (SSSR count). The Morgan fingerprint density at radius 1 is 1.46 bits per heavy atom. The van der Waals surface area contributed by atoms with Crippen LogP contribution < -0.4 is 4.74 Å². The van der Waals surface area contributed by atoms with Crippen molar-refractivity contribution in [2.75, 3.05) is 13.7 Å². The van der Waals surface area contributed by atoms with Gasteiger partial charge in [-0.1, -0.05) is 11.8 Å². The monoisotopic (exact) mass is 176 g/mol. The Morgan fingerprint density at radius 3 is 2.77 bits per heavy atom. The fraction of sp³-hybridized carbons (Fsp3) is 0.273. The van der Waals surface area contributed by atoms with E-state index in [1.54, 1.807) is 7.11 Å². The van der Waals surface area contributed by atoms with Gasteiger partial charge in [-0.25, -0.2) is 0 Å². The molecule has 1 aromatic rings. The van der Waals surface area contributed by atoms with Crippen LogP contribution in [0.2, 0.25) is 0 Å². The maximum absolute atomic E-state index is 8.52. The molecule has 2 nitrogen and oxygen atoms in total. The summed E-state index contributed by atoms with van der Waals surface area (Å²) in [6.45, 7) is 1.86. The second kappa shape index (κ2) is 4.54. The topological polar surface area (TPSA) is 29.5 Å². The first-order valence-corrected chi connectivity index (χ1v) is 4.02. The number of hydrogen-bond acceptors (Lipinski definition) is 2. The first-order valence-electron chi connectivity index (χ1n) is 4.02. The van der Waals surface area contributed by atoms with Crippen molar-refractivity contribution >= 4 is 0 Å². The van der Waals surface area contributed by atoms with Crippen LogP contribution in [-0.2, 0) is 0 Å². The lowest BCUT2D eigenvalue weighted by molar-refractivity contribution is 0.350. The predicted molar refractivity (Wildman–Crippen MR) is 51.7 cm³/mol. The first kappa shape index (κ1) is 9.63. The lowest BCUT2D eigenvalue weighted by Gasteiger charge is -2.02. The molecular formula is C11H12O2. The molecule has 0 atom stereocenters. The molecule has 0 aliphatic heterocycles. The summed E-state index contributed by atoms with van der Waals surface area (Å²) in [6.07, 6.45) is 0. The van der Waals surface area contributed by atoms with Crippen molar-refractivity contribution in [2.45, 2.75) is 6.92 Å². The molecule has 0 aliphatic carbocycles. The molecule has 0 radical (unpaired) electrons. The van der Waals surface area contributed by atoms with Crippen LogP contribution in [0.5, 0.6) is 5.75 Å². The van der Waals surface area contributed by atoms with Crippen molar-refractivity contribution in [1.82, 2.24) is 0 Å². The van der Waals surface area contributed by atoms with E-state index < -0.39 is 0 Å². The van der Waals surface area contributed by atoms with E-state index in [1.165, 1.54) is 0 Å². The van der Waals surface area contributed by atoms with Gasteiger partial charge in [-0.15, -0.1) is 0 Å². The largest absolute Gasteiger partial charge is 0.497 e. The molecular weight excluding hydrogens is 164 g/mol. The Balaban J connectivity index is 2.98. The molecule has 68 valence electrons. The maximum Gasteiger partial charge on any atom is 0.119 e. The van der Waals surface area contributed by atoms with Crippen LogP contribution in [0.25, 0.3) is 0 Å². The number of benzene rings is 1. The highest BCUT2D eigenvalue weighted by atomic mass is 16.5. The number of aliphatic hydroxyl groups is 1. The van der Waals surface area contributed by atoms with Crippen LogP contribution in [0.3, 0.4) is 0 Å². The Labute approximate surface area is 78.2 Å². The van der Waals surface area contributed by atoms with E-state index in [-0.39, 0.29) is 6.61 Å². The van der Waals surface area contributed by atoms with Gasteiger partial charge in [0.05, 0.1) is 7.11 Å². The maximum atomic E-state index is 8.52. The molecule has 0 spiro atoms. The second-order valence-electron chi connectivity index (χ2n) is 2.64. The molecule has 0 heterocycles. The Bertz CT molecular complexity index is 345. The van der Waals surface area contributed by atoms with E-state index in [0.717, 1.165) is 16.9 Å². The van der Waals surface area contributed by atoms with E-state index in [4.69, 9.17) is 9.84 Å². The standard InChI is InChI=1S/C11H12O2/c1-9-8-11(13-2)6-5-10(9)4-3-7-12/h5-6,8,12H,7H2,1-2H3. The quantitative estimate of drug-likeness (QED) is 0.654. The minimum atomic E-state index is -0.106. The van der Waals surface area contributed by atoms with Gasteiger partial charge in [-0.3, -0.25) is 0 Å². The number of aliphatic hydroxyl groups excluding tert-OH is 1. The zero-order chi connectivity index (χ0) is 9.68. The van der Waals surface area contributed by atoms with Gasteiger partial charge in [0.1, 0.15) is 12.4 Å². The van der Waals surface area contributed by atoms with Crippen LogP contribution in [0.15, 0.2) is 18.2 Å². The average Bonchev–Trinajstić information content (AvgIpc) is 2.16. The van der Waals surface area contributed by atoms with E-state index in [0.29, 0.717) is 0 Å². The highest BCUT2D eigenvalue weighted by Gasteiger charge is 1.96. The number of rotatable bonds is 1. The first-order chi connectivity index (χ1) is 6.27. The third kappa shape index (κ3) is 2.50. The molecule has 0 aliphatic rings. The third-order valence-electron chi connectivity index (χ3n) is 1.74. The van der Waals surface area contributed by atoms with Crippen molar-refractivity contribution in [1.29, 1.82) is 0 Å². The highest BCUT2D eigenvalue weighted by molar-refractivity contribution is 5.44. The normalized spacial score (nSPS) is 8.85. The second-order valence-corrected chi connectivity index (χ2v) is 2.64. The number of ether oxygens (including phenoxy) is 1. The van der Waals surface area contributed by atoms with Crippen LogP contribution in [0, 0.1) is 18.8 Å². The minimum Gasteiger partial charge on any atom is -0.497 e. The molecule has 0 fully saturated rings. The van der Waals surface area contributed by atoms with E-state index >= 15 is 0 Å². The van der Waals surface area contributed by atoms with Gasteiger partial charge < -0.3 is 9.84 Å². The predicted octanol–water partition coefficient (Wildman–Crippen LogP) is 1.35. The van der Waals surface area contributed by atoms with Crippen molar-refractivity contribution < 1.29 is 9.84 Å². The summed E-state index contributed by atoms with van der Waals surface area (Å²) in [7, 11) is 1.63. The Morgan fingerprint density at radius 2 is 2.23 bits per heavy atom. The number of methoxy groups -OCH3 is 1. The van der Waals surface area contributed by atoms with Gasteiger partial charge in [0, 0.05) is 5.56 Å². The zero-order valence-electron chi connectivity index (χ0n) is 7.79. The fourth-order valence-electron chi connectivity index (χ4n) is 1.04. The van der Waals surface area contributed by atoms with Crippen LogP contribution >= 0.6 is 0 Å². The summed E-state index contributed by atoms with van der Waals surface area (Å²) < 4.78 is 5.06. The van der Waals surface area contributed by atoms with Crippen molar-refractivity contribution in [3.63, 3.8) is 0 Å². The summed E-state index contributed by atoms with van der Waals surface area (Å²) in [5.41, 5.74) is 1.98. The van der Waals surface area contributed by atoms with Crippen LogP contribution in [0.4, 0.5) is 0 Å². The lowest BCUT2D eigenvalue weighted by Crippen LogP contribution is -1.87. The smallest absolute Gasteiger partial charge is 0.119 e. The molecule has 0 saturated heterocycles. The summed E-state index contributed by atoms with van der Waals surface area (Å²) in [6, 6.07) is 5.66. The SMILES string of the molecule is COc1ccc(C#CCO)c(C)c1. The molecule has 0 amide bonds. The number of hydrogen-bond donors (Lipinski definition) is 1. The fourth-order valence-corrected chi connectivity index (χ4v) is 1.04. The molecule has 1 aromatic carbocycles. The molecule has 2 heteroatoms. The van der Waals surface area contributed by atoms with Gasteiger partial charge >= 0.3 is 0 Å². The molecule has 1 N–H and O–H groups in total. The zero-order valence-corrected chi connectivity index (χ0v) is 7.79. The Kier molecular flexibility index (Phi) is 3.36. The summed E-state index contributed by atoms with van der Waals surface area (Å²) in [5, 5.41) is 8.52. The van der Waals surface area contributed by atoms with Gasteiger partial charge in [-0.05, 0) is 30.7 Å². The van der Waals surface area contributed by atoms with Gasteiger partial charge in [0.15, 0.2) is 0 Å². The molecule has 13 heavy (non-hydrogen) atoms. The molecule has 0 bridgehead atoms. The van der Waals surface area contributed by atoms with Crippen LogP contribution in [0.1, 0.15) is 11.1 Å². The van der Waals surface area contributed by atoms with Crippen molar-refractivity contribution in [3.05, 3.63) is 29.3 Å². The van der Waals surface area contributed by atoms with Gasteiger partial charge in [-0.2, -0.15) is 0 Å². The summed E-state index contributed by atoms with van der Waals surface area (Å²) in [4.78, 5) is 0. The average molecular weight is 176 g/mol. The third-order valence-corrected chi connectivity index (χ3v) is 1.74. The van der Waals surface area contributed by atoms with Crippen molar-refractivity contribution in [3.8, 4) is 17.6 Å². The van der Waals surface area contributed by atoms with Gasteiger partial charge in [0.25, 0.3) is 0 Å². The summed E-state index contributed by atoms with van der Waals surface area (Å²) >= 11 is 0. The molecule has 0 unspecified atom stereocenters. The Hall–Kier alpha value is -1.46. The van der Waals surface area contributed by atoms with E-state index in [9.17, 15) is 0 Å². The van der Waals surface area contributed by atoms with Gasteiger partial charge in [0.2, 0.25) is 0 Å². The highest BCUT2D eigenvalue weighted by Crippen LogP contribution is 2.15. The summed E-state index contributed by atoms with van der Waals surface area (Å²) in [5.74, 6) is 6.29. The van der Waals surface area contributed by atoms with Crippen LogP contribution in [-0.4, -0.2) is 18.8 Å².